The van der Waals surface area contributed by atoms with E-state index in [1.165, 1.54) is 71.9 Å². The van der Waals surface area contributed by atoms with Crippen LogP contribution in [0.15, 0.2) is 78.4 Å². The van der Waals surface area contributed by atoms with Crippen molar-refractivity contribution in [3.63, 3.8) is 0 Å². The molecule has 1 fully saturated rings. The van der Waals surface area contributed by atoms with E-state index >= 15 is 0 Å². The highest BCUT2D eigenvalue weighted by Gasteiger charge is 2.29. The minimum absolute atomic E-state index is 0.508. The lowest BCUT2D eigenvalue weighted by Crippen LogP contribution is -2.20. The maximum atomic E-state index is 2.52. The van der Waals surface area contributed by atoms with Crippen molar-refractivity contribution in [3.8, 4) is 22.3 Å². The SMILES string of the molecule is CC1(CC2=Cc3c(cccc3-c3ccccc3-c3ccccc3)C2)CCCCC1. The van der Waals surface area contributed by atoms with E-state index in [9.17, 15) is 0 Å². The van der Waals surface area contributed by atoms with Crippen molar-refractivity contribution < 1.29 is 0 Å². The van der Waals surface area contributed by atoms with Gasteiger partial charge in [0.2, 0.25) is 0 Å². The third-order valence-corrected chi connectivity index (χ3v) is 6.98. The highest BCUT2D eigenvalue weighted by molar-refractivity contribution is 5.89. The van der Waals surface area contributed by atoms with Crippen LogP contribution in [0, 0.1) is 5.41 Å². The van der Waals surface area contributed by atoms with Gasteiger partial charge in [0.05, 0.1) is 0 Å². The summed E-state index contributed by atoms with van der Waals surface area (Å²) in [6, 6.07) is 26.5. The third kappa shape index (κ3) is 3.69. The second-order valence-electron chi connectivity index (χ2n) is 9.32. The van der Waals surface area contributed by atoms with Gasteiger partial charge in [0, 0.05) is 0 Å². The minimum atomic E-state index is 0.508. The maximum Gasteiger partial charge on any atom is -0.00574 e. The van der Waals surface area contributed by atoms with Gasteiger partial charge < -0.3 is 0 Å². The van der Waals surface area contributed by atoms with Crippen molar-refractivity contribution in [1.29, 1.82) is 0 Å². The summed E-state index contributed by atoms with van der Waals surface area (Å²) in [7, 11) is 0. The summed E-state index contributed by atoms with van der Waals surface area (Å²) >= 11 is 0. The van der Waals surface area contributed by atoms with E-state index in [1.54, 1.807) is 5.57 Å². The Hall–Kier alpha value is -2.60. The summed E-state index contributed by atoms with van der Waals surface area (Å²) in [5.74, 6) is 0. The van der Waals surface area contributed by atoms with Crippen molar-refractivity contribution in [3.05, 3.63) is 89.5 Å². The van der Waals surface area contributed by atoms with E-state index < -0.39 is 0 Å². The van der Waals surface area contributed by atoms with Crippen LogP contribution in [0.2, 0.25) is 0 Å². The van der Waals surface area contributed by atoms with Crippen LogP contribution in [0.5, 0.6) is 0 Å². The molecule has 0 heterocycles. The lowest BCUT2D eigenvalue weighted by molar-refractivity contribution is 0.214. The van der Waals surface area contributed by atoms with Crippen molar-refractivity contribution >= 4 is 6.08 Å². The molecule has 0 amide bonds. The van der Waals surface area contributed by atoms with Crippen LogP contribution in [-0.2, 0) is 6.42 Å². The van der Waals surface area contributed by atoms with Crippen molar-refractivity contribution in [1.82, 2.24) is 0 Å². The van der Waals surface area contributed by atoms with Crippen molar-refractivity contribution in [2.24, 2.45) is 5.41 Å². The third-order valence-electron chi connectivity index (χ3n) is 6.98. The number of hydrogen-bond acceptors (Lipinski definition) is 0. The molecule has 0 bridgehead atoms. The van der Waals surface area contributed by atoms with Gasteiger partial charge in [-0.1, -0.05) is 111 Å². The molecule has 2 aliphatic carbocycles. The molecule has 0 N–H and O–H groups in total. The summed E-state index contributed by atoms with van der Waals surface area (Å²) in [6.45, 7) is 2.52. The molecule has 1 saturated carbocycles. The van der Waals surface area contributed by atoms with E-state index in [-0.39, 0.29) is 0 Å². The van der Waals surface area contributed by atoms with Gasteiger partial charge >= 0.3 is 0 Å². The first-order valence-corrected chi connectivity index (χ1v) is 11.2. The molecule has 5 rings (SSSR count). The van der Waals surface area contributed by atoms with E-state index in [4.69, 9.17) is 0 Å². The van der Waals surface area contributed by atoms with E-state index in [1.807, 2.05) is 0 Å². The number of hydrogen-bond donors (Lipinski definition) is 0. The van der Waals surface area contributed by atoms with E-state index in [0.717, 1.165) is 6.42 Å². The van der Waals surface area contributed by atoms with Crippen LogP contribution in [0.4, 0.5) is 0 Å². The zero-order chi connectivity index (χ0) is 19.7. The first-order chi connectivity index (χ1) is 14.2. The lowest BCUT2D eigenvalue weighted by Gasteiger charge is -2.34. The Labute approximate surface area is 175 Å². The summed E-state index contributed by atoms with van der Waals surface area (Å²) < 4.78 is 0. The van der Waals surface area contributed by atoms with Gasteiger partial charge in [0.15, 0.2) is 0 Å². The molecule has 2 aliphatic rings. The molecule has 29 heavy (non-hydrogen) atoms. The van der Waals surface area contributed by atoms with Crippen LogP contribution >= 0.6 is 0 Å². The maximum absolute atomic E-state index is 2.52. The predicted molar refractivity (Wildman–Crippen MR) is 125 cm³/mol. The molecule has 0 saturated heterocycles. The molecule has 0 heteroatoms. The number of rotatable bonds is 4. The van der Waals surface area contributed by atoms with Crippen LogP contribution < -0.4 is 0 Å². The van der Waals surface area contributed by atoms with Crippen LogP contribution in [-0.4, -0.2) is 0 Å². The van der Waals surface area contributed by atoms with Gasteiger partial charge in [-0.25, -0.2) is 0 Å². The molecule has 3 aromatic rings. The average Bonchev–Trinajstić information content (AvgIpc) is 3.16. The molecule has 3 aromatic carbocycles. The Morgan fingerprint density at radius 3 is 2.17 bits per heavy atom. The second kappa shape index (κ2) is 7.67. The topological polar surface area (TPSA) is 0 Å². The highest BCUT2D eigenvalue weighted by Crippen LogP contribution is 2.45. The fourth-order valence-corrected chi connectivity index (χ4v) is 5.50. The summed E-state index contributed by atoms with van der Waals surface area (Å²) in [6.07, 6.45) is 11.9. The Bertz CT molecular complexity index is 1030. The highest BCUT2D eigenvalue weighted by atomic mass is 14.3. The zero-order valence-electron chi connectivity index (χ0n) is 17.5. The Balaban J connectivity index is 1.53. The summed E-state index contributed by atoms with van der Waals surface area (Å²) in [4.78, 5) is 0. The number of fused-ring (bicyclic) bond motifs is 1. The Morgan fingerprint density at radius 2 is 1.38 bits per heavy atom. The van der Waals surface area contributed by atoms with Crippen molar-refractivity contribution in [2.45, 2.75) is 51.9 Å². The first-order valence-electron chi connectivity index (χ1n) is 11.2. The lowest BCUT2D eigenvalue weighted by atomic mass is 9.71. The molecular weight excluding hydrogens is 348 g/mol. The van der Waals surface area contributed by atoms with Gasteiger partial charge in [-0.05, 0) is 64.5 Å². The van der Waals surface area contributed by atoms with E-state index in [2.05, 4.69) is 85.8 Å². The minimum Gasteiger partial charge on any atom is -0.0646 e. The van der Waals surface area contributed by atoms with Crippen LogP contribution in [0.25, 0.3) is 28.3 Å². The van der Waals surface area contributed by atoms with E-state index in [0.29, 0.717) is 5.41 Å². The number of benzene rings is 3. The summed E-state index contributed by atoms with van der Waals surface area (Å²) in [5.41, 5.74) is 10.4. The molecule has 0 unspecified atom stereocenters. The first kappa shape index (κ1) is 18.4. The number of allylic oxidation sites excluding steroid dienone is 1. The van der Waals surface area contributed by atoms with Crippen LogP contribution in [0.3, 0.4) is 0 Å². The molecule has 0 radical (unpaired) electrons. The fourth-order valence-electron chi connectivity index (χ4n) is 5.50. The Kier molecular flexibility index (Phi) is 4.87. The standard InChI is InChI=1S/C29H30/c1-29(17-8-3-9-18-29)21-22-19-24-13-10-16-27(28(24)20-22)26-15-7-6-14-25(26)23-11-4-2-5-12-23/h2,4-7,10-16,20H,3,8-9,17-19,21H2,1H3. The average molecular weight is 379 g/mol. The van der Waals surface area contributed by atoms with Gasteiger partial charge in [0.1, 0.15) is 0 Å². The second-order valence-corrected chi connectivity index (χ2v) is 9.32. The largest absolute Gasteiger partial charge is 0.0646 e. The monoisotopic (exact) mass is 378 g/mol. The van der Waals surface area contributed by atoms with Gasteiger partial charge in [0.25, 0.3) is 0 Å². The zero-order valence-corrected chi connectivity index (χ0v) is 17.5. The smallest absolute Gasteiger partial charge is 0.00574 e. The molecule has 0 spiro atoms. The molecule has 0 aromatic heterocycles. The predicted octanol–water partition coefficient (Wildman–Crippen LogP) is 8.32. The molecule has 146 valence electrons. The Morgan fingerprint density at radius 1 is 0.690 bits per heavy atom. The van der Waals surface area contributed by atoms with Crippen molar-refractivity contribution in [2.75, 3.05) is 0 Å². The molecule has 0 nitrogen and oxygen atoms in total. The van der Waals surface area contributed by atoms with Crippen LogP contribution in [0.1, 0.15) is 56.6 Å². The van der Waals surface area contributed by atoms with Gasteiger partial charge in [-0.15, -0.1) is 0 Å². The quantitative estimate of drug-likeness (QED) is 0.428. The fraction of sp³-hybridized carbons (Fsp3) is 0.310. The molecular formula is C29H30. The normalized spacial score (nSPS) is 17.6. The molecule has 0 aliphatic heterocycles. The van der Waals surface area contributed by atoms with Gasteiger partial charge in [-0.2, -0.15) is 0 Å². The van der Waals surface area contributed by atoms with Gasteiger partial charge in [-0.3, -0.25) is 0 Å². The summed E-state index contributed by atoms with van der Waals surface area (Å²) in [5, 5.41) is 0. The molecule has 0 atom stereocenters.